The number of carbonyl (C=O) groups is 1. The third kappa shape index (κ3) is 3.80. The SMILES string of the molecule is Cc1cc(-c2c[nH]c3ncc(-c4cc(C)c5c(c4)CN(C)CC5)nc23)ccc1C(=O)N(C)C. The van der Waals surface area contributed by atoms with Crippen LogP contribution in [0, 0.1) is 13.8 Å². The van der Waals surface area contributed by atoms with Gasteiger partial charge in [-0.2, -0.15) is 0 Å². The van der Waals surface area contributed by atoms with Crippen molar-refractivity contribution >= 4 is 17.1 Å². The Morgan fingerprint density at radius 2 is 1.88 bits per heavy atom. The summed E-state index contributed by atoms with van der Waals surface area (Å²) in [6.07, 6.45) is 4.89. The van der Waals surface area contributed by atoms with Crippen LogP contribution in [0.25, 0.3) is 33.5 Å². The van der Waals surface area contributed by atoms with Gasteiger partial charge in [0.25, 0.3) is 5.91 Å². The van der Waals surface area contributed by atoms with Crippen molar-refractivity contribution in [1.82, 2.24) is 24.8 Å². The molecule has 0 bridgehead atoms. The van der Waals surface area contributed by atoms with Crippen LogP contribution in [-0.4, -0.2) is 58.3 Å². The molecule has 0 atom stereocenters. The number of benzene rings is 2. The fourth-order valence-corrected chi connectivity index (χ4v) is 4.77. The number of aromatic amines is 1. The van der Waals surface area contributed by atoms with E-state index in [0.717, 1.165) is 58.6 Å². The Bertz CT molecular complexity index is 1390. The van der Waals surface area contributed by atoms with E-state index in [4.69, 9.17) is 4.98 Å². The molecule has 2 aromatic heterocycles. The highest BCUT2D eigenvalue weighted by molar-refractivity contribution is 5.97. The van der Waals surface area contributed by atoms with Crippen molar-refractivity contribution in [1.29, 1.82) is 0 Å². The molecule has 5 rings (SSSR count). The number of carbonyl (C=O) groups excluding carboxylic acids is 1. The minimum Gasteiger partial charge on any atom is -0.345 e. The van der Waals surface area contributed by atoms with Gasteiger partial charge in [0.05, 0.1) is 11.9 Å². The Kier molecular flexibility index (Phi) is 5.25. The van der Waals surface area contributed by atoms with Crippen molar-refractivity contribution in [3.05, 3.63) is 70.5 Å². The predicted octanol–water partition coefficient (Wildman–Crippen LogP) is 4.60. The zero-order valence-corrected chi connectivity index (χ0v) is 19.9. The fraction of sp³-hybridized carbons (Fsp3) is 0.296. The van der Waals surface area contributed by atoms with E-state index in [2.05, 4.69) is 41.0 Å². The molecule has 1 N–H and O–H groups in total. The molecule has 0 saturated heterocycles. The molecule has 0 aliphatic carbocycles. The summed E-state index contributed by atoms with van der Waals surface area (Å²) >= 11 is 0. The second kappa shape index (κ2) is 8.12. The average molecular weight is 440 g/mol. The van der Waals surface area contributed by atoms with Crippen molar-refractivity contribution in [3.63, 3.8) is 0 Å². The topological polar surface area (TPSA) is 65.1 Å². The Morgan fingerprint density at radius 1 is 1.09 bits per heavy atom. The lowest BCUT2D eigenvalue weighted by Crippen LogP contribution is -2.27. The lowest BCUT2D eigenvalue weighted by molar-refractivity contribution is 0.0827. The van der Waals surface area contributed by atoms with Crippen LogP contribution in [0.2, 0.25) is 0 Å². The van der Waals surface area contributed by atoms with Crippen molar-refractivity contribution < 1.29 is 4.79 Å². The van der Waals surface area contributed by atoms with Gasteiger partial charge in [0.15, 0.2) is 5.65 Å². The zero-order valence-electron chi connectivity index (χ0n) is 19.9. The Labute approximate surface area is 194 Å². The number of aryl methyl sites for hydroxylation is 2. The highest BCUT2D eigenvalue weighted by atomic mass is 16.2. The third-order valence-electron chi connectivity index (χ3n) is 6.60. The maximum atomic E-state index is 12.4. The molecule has 0 saturated carbocycles. The van der Waals surface area contributed by atoms with E-state index < -0.39 is 0 Å². The van der Waals surface area contributed by atoms with E-state index in [9.17, 15) is 4.79 Å². The van der Waals surface area contributed by atoms with Crippen molar-refractivity contribution in [2.24, 2.45) is 0 Å². The number of H-pyrrole nitrogens is 1. The number of likely N-dealkylation sites (N-methyl/N-ethyl adjacent to an activating group) is 1. The molecular weight excluding hydrogens is 410 g/mol. The van der Waals surface area contributed by atoms with Crippen LogP contribution in [0.15, 0.2) is 42.7 Å². The van der Waals surface area contributed by atoms with E-state index in [-0.39, 0.29) is 5.91 Å². The largest absolute Gasteiger partial charge is 0.345 e. The molecule has 0 radical (unpaired) electrons. The lowest BCUT2D eigenvalue weighted by atomic mass is 9.92. The van der Waals surface area contributed by atoms with Gasteiger partial charge in [-0.25, -0.2) is 9.97 Å². The quantitative estimate of drug-likeness (QED) is 0.507. The molecule has 33 heavy (non-hydrogen) atoms. The molecule has 0 unspecified atom stereocenters. The van der Waals surface area contributed by atoms with Gasteiger partial charge in [0, 0.05) is 50.1 Å². The number of nitrogens with zero attached hydrogens (tertiary/aromatic N) is 4. The molecule has 0 spiro atoms. The summed E-state index contributed by atoms with van der Waals surface area (Å²) in [6, 6.07) is 10.4. The number of hydrogen-bond donors (Lipinski definition) is 1. The van der Waals surface area contributed by atoms with Gasteiger partial charge in [0.1, 0.15) is 5.52 Å². The second-order valence-electron chi connectivity index (χ2n) is 9.30. The molecule has 6 heteroatoms. The maximum Gasteiger partial charge on any atom is 0.253 e. The molecule has 3 heterocycles. The number of amides is 1. The smallest absolute Gasteiger partial charge is 0.253 e. The summed E-state index contributed by atoms with van der Waals surface area (Å²) in [4.78, 5) is 29.3. The Hall–Kier alpha value is -3.51. The van der Waals surface area contributed by atoms with Crippen LogP contribution in [-0.2, 0) is 13.0 Å². The van der Waals surface area contributed by atoms with Gasteiger partial charge in [0.2, 0.25) is 0 Å². The maximum absolute atomic E-state index is 12.4. The van der Waals surface area contributed by atoms with Gasteiger partial charge >= 0.3 is 0 Å². The average Bonchev–Trinajstić information content (AvgIpc) is 3.21. The monoisotopic (exact) mass is 439 g/mol. The van der Waals surface area contributed by atoms with Gasteiger partial charge in [-0.05, 0) is 73.3 Å². The Balaban J connectivity index is 1.57. The normalized spacial score (nSPS) is 13.8. The van der Waals surface area contributed by atoms with Crippen LogP contribution >= 0.6 is 0 Å². The van der Waals surface area contributed by atoms with Crippen molar-refractivity contribution in [2.45, 2.75) is 26.8 Å². The molecule has 168 valence electrons. The number of fused-ring (bicyclic) bond motifs is 2. The highest BCUT2D eigenvalue weighted by Gasteiger charge is 2.18. The van der Waals surface area contributed by atoms with Crippen LogP contribution in [0.1, 0.15) is 32.6 Å². The number of rotatable bonds is 3. The van der Waals surface area contributed by atoms with Crippen LogP contribution in [0.3, 0.4) is 0 Å². The molecule has 6 nitrogen and oxygen atoms in total. The van der Waals surface area contributed by atoms with Gasteiger partial charge in [-0.3, -0.25) is 4.79 Å². The molecule has 2 aromatic carbocycles. The third-order valence-corrected chi connectivity index (χ3v) is 6.60. The molecule has 4 aromatic rings. The van der Waals surface area contributed by atoms with Crippen molar-refractivity contribution in [3.8, 4) is 22.4 Å². The van der Waals surface area contributed by atoms with Crippen LogP contribution in [0.4, 0.5) is 0 Å². The molecule has 0 fully saturated rings. The second-order valence-corrected chi connectivity index (χ2v) is 9.30. The summed E-state index contributed by atoms with van der Waals surface area (Å²) in [6.45, 7) is 6.23. The van der Waals surface area contributed by atoms with Gasteiger partial charge in [-0.1, -0.05) is 12.1 Å². The molecule has 1 aliphatic rings. The van der Waals surface area contributed by atoms with E-state index in [1.54, 1.807) is 19.0 Å². The van der Waals surface area contributed by atoms with Gasteiger partial charge in [-0.15, -0.1) is 0 Å². The zero-order chi connectivity index (χ0) is 23.3. The summed E-state index contributed by atoms with van der Waals surface area (Å²) < 4.78 is 0. The lowest BCUT2D eigenvalue weighted by Gasteiger charge is -2.27. The first-order chi connectivity index (χ1) is 15.8. The predicted molar refractivity (Wildman–Crippen MR) is 132 cm³/mol. The fourth-order valence-electron chi connectivity index (χ4n) is 4.77. The number of hydrogen-bond acceptors (Lipinski definition) is 4. The first kappa shape index (κ1) is 21.3. The minimum atomic E-state index is 0.00785. The van der Waals surface area contributed by atoms with E-state index in [1.807, 2.05) is 37.5 Å². The summed E-state index contributed by atoms with van der Waals surface area (Å²) in [5, 5.41) is 0. The summed E-state index contributed by atoms with van der Waals surface area (Å²) in [5.41, 5.74) is 11.4. The number of nitrogens with one attached hydrogen (secondary N) is 1. The summed E-state index contributed by atoms with van der Waals surface area (Å²) in [7, 11) is 5.71. The van der Waals surface area contributed by atoms with E-state index in [0.29, 0.717) is 5.56 Å². The van der Waals surface area contributed by atoms with E-state index >= 15 is 0 Å². The highest BCUT2D eigenvalue weighted by Crippen LogP contribution is 2.32. The molecule has 1 aliphatic heterocycles. The van der Waals surface area contributed by atoms with Gasteiger partial charge < -0.3 is 14.8 Å². The van der Waals surface area contributed by atoms with Crippen LogP contribution in [0.5, 0.6) is 0 Å². The number of aromatic nitrogens is 3. The minimum absolute atomic E-state index is 0.00785. The van der Waals surface area contributed by atoms with Crippen LogP contribution < -0.4 is 0 Å². The molecule has 1 amide bonds. The van der Waals surface area contributed by atoms with E-state index in [1.165, 1.54) is 16.7 Å². The van der Waals surface area contributed by atoms with Crippen molar-refractivity contribution in [2.75, 3.05) is 27.7 Å². The Morgan fingerprint density at radius 3 is 2.64 bits per heavy atom. The molecular formula is C27H29N5O. The first-order valence-corrected chi connectivity index (χ1v) is 11.3. The standard InChI is InChI=1S/C27H29N5O/c1-16-11-19(12-20-15-32(5)9-8-21(16)20)24-14-29-26-25(30-24)23(13-28-26)18-6-7-22(17(2)10-18)27(33)31(3)4/h6-7,10-14H,8-9,15H2,1-5H3,(H,28,29). The summed E-state index contributed by atoms with van der Waals surface area (Å²) in [5.74, 6) is 0.00785. The first-order valence-electron chi connectivity index (χ1n) is 11.3.